The second kappa shape index (κ2) is 15.0. The van der Waals surface area contributed by atoms with Gasteiger partial charge in [-0.25, -0.2) is 4.79 Å². The van der Waals surface area contributed by atoms with E-state index in [4.69, 9.17) is 9.47 Å². The van der Waals surface area contributed by atoms with Gasteiger partial charge in [-0.05, 0) is 105 Å². The predicted molar refractivity (Wildman–Crippen MR) is 162 cm³/mol. The van der Waals surface area contributed by atoms with Crippen LogP contribution in [0.1, 0.15) is 86.2 Å². The Morgan fingerprint density at radius 3 is 2.42 bits per heavy atom. The Balaban J connectivity index is 1.53. The number of aliphatic carboxylic acids is 1. The van der Waals surface area contributed by atoms with E-state index >= 15 is 0 Å². The molecule has 2 aromatic rings. The molecule has 0 spiro atoms. The van der Waals surface area contributed by atoms with Crippen molar-refractivity contribution in [3.63, 3.8) is 0 Å². The van der Waals surface area contributed by atoms with E-state index in [0.29, 0.717) is 36.4 Å². The van der Waals surface area contributed by atoms with Crippen molar-refractivity contribution in [2.75, 3.05) is 12.0 Å². The van der Waals surface area contributed by atoms with E-state index in [1.807, 2.05) is 49.6 Å². The van der Waals surface area contributed by atoms with E-state index in [1.165, 1.54) is 38.5 Å². The number of carbonyl (C=O) groups excluding carboxylic acids is 1. The van der Waals surface area contributed by atoms with Crippen LogP contribution in [0.2, 0.25) is 0 Å². The first-order valence-electron chi connectivity index (χ1n) is 14.9. The molecule has 0 saturated heterocycles. The smallest absolute Gasteiger partial charge is 0.326 e. The molecular formula is C33H45NO5S. The number of benzene rings is 2. The van der Waals surface area contributed by atoms with Crippen molar-refractivity contribution in [2.24, 2.45) is 5.92 Å². The summed E-state index contributed by atoms with van der Waals surface area (Å²) in [5.41, 5.74) is 4.23. The number of amides is 1. The second-order valence-electron chi connectivity index (χ2n) is 11.4. The lowest BCUT2D eigenvalue weighted by molar-refractivity contribution is -0.145. The monoisotopic (exact) mass is 567 g/mol. The number of carboxylic acids is 1. The van der Waals surface area contributed by atoms with Crippen LogP contribution < -0.4 is 5.32 Å². The van der Waals surface area contributed by atoms with Crippen LogP contribution in [0, 0.1) is 12.8 Å². The molecule has 2 aromatic carbocycles. The maximum Gasteiger partial charge on any atom is 0.326 e. The van der Waals surface area contributed by atoms with E-state index < -0.39 is 12.0 Å². The number of ether oxygens (including phenoxy) is 2. The molecule has 0 aliphatic heterocycles. The van der Waals surface area contributed by atoms with E-state index in [-0.39, 0.29) is 18.1 Å². The predicted octanol–water partition coefficient (Wildman–Crippen LogP) is 7.02. The Kier molecular flexibility index (Phi) is 11.5. The van der Waals surface area contributed by atoms with Crippen molar-refractivity contribution < 1.29 is 24.2 Å². The molecule has 4 rings (SSSR count). The maximum atomic E-state index is 13.4. The van der Waals surface area contributed by atoms with Crippen molar-refractivity contribution in [1.29, 1.82) is 0 Å². The summed E-state index contributed by atoms with van der Waals surface area (Å²) in [4.78, 5) is 25.2. The Morgan fingerprint density at radius 1 is 1.02 bits per heavy atom. The number of hydrogen-bond donors (Lipinski definition) is 2. The highest BCUT2D eigenvalue weighted by atomic mass is 32.2. The zero-order valence-corrected chi connectivity index (χ0v) is 25.0. The molecular weight excluding hydrogens is 522 g/mol. The van der Waals surface area contributed by atoms with Gasteiger partial charge in [-0.3, -0.25) is 4.79 Å². The van der Waals surface area contributed by atoms with Gasteiger partial charge in [-0.1, -0.05) is 49.6 Å². The van der Waals surface area contributed by atoms with Gasteiger partial charge in [0, 0.05) is 5.56 Å². The standard InChI is InChI=1S/C33H45NO5S/c1-22-10-7-8-15-27(22)29-20-24(16-17-28(29)32(35)34-30(33(36)37)18-19-40-3)21-38-23(2)31(39-26-13-9-14-26)25-11-5-4-6-12-25/h7-8,10,15-17,20,23,25-26,30-31H,4-6,9,11-14,18-19,21H2,1-3H3,(H,34,35)(H,36,37)/t23?,30-,31?/m0/s1. The second-order valence-corrected chi connectivity index (χ2v) is 12.4. The van der Waals surface area contributed by atoms with Crippen LogP contribution in [0.4, 0.5) is 0 Å². The lowest BCUT2D eigenvalue weighted by Gasteiger charge is -2.39. The molecule has 2 fully saturated rings. The Labute approximate surface area is 243 Å². The Morgan fingerprint density at radius 2 is 1.77 bits per heavy atom. The number of rotatable bonds is 14. The van der Waals surface area contributed by atoms with Gasteiger partial charge in [0.15, 0.2) is 0 Å². The molecule has 7 heteroatoms. The molecule has 0 radical (unpaired) electrons. The fourth-order valence-corrected chi connectivity index (χ4v) is 6.30. The minimum absolute atomic E-state index is 0.0265. The third kappa shape index (κ3) is 8.11. The summed E-state index contributed by atoms with van der Waals surface area (Å²) < 4.78 is 13.1. The van der Waals surface area contributed by atoms with Crippen molar-refractivity contribution >= 4 is 23.6 Å². The minimum Gasteiger partial charge on any atom is -0.480 e. The highest BCUT2D eigenvalue weighted by molar-refractivity contribution is 7.98. The molecule has 2 unspecified atom stereocenters. The van der Waals surface area contributed by atoms with Crippen molar-refractivity contribution in [2.45, 2.75) is 103 Å². The van der Waals surface area contributed by atoms with Crippen LogP contribution in [-0.2, 0) is 20.9 Å². The average molecular weight is 568 g/mol. The molecule has 2 saturated carbocycles. The maximum absolute atomic E-state index is 13.4. The van der Waals surface area contributed by atoms with Gasteiger partial charge >= 0.3 is 5.97 Å². The average Bonchev–Trinajstić information content (AvgIpc) is 2.93. The highest BCUT2D eigenvalue weighted by Crippen LogP contribution is 2.35. The molecule has 2 N–H and O–H groups in total. The number of thioether (sulfide) groups is 1. The van der Waals surface area contributed by atoms with Crippen molar-refractivity contribution in [3.05, 3.63) is 59.2 Å². The van der Waals surface area contributed by atoms with E-state index in [0.717, 1.165) is 35.1 Å². The largest absolute Gasteiger partial charge is 0.480 e. The fraction of sp³-hybridized carbons (Fsp3) is 0.576. The van der Waals surface area contributed by atoms with E-state index in [9.17, 15) is 14.7 Å². The zero-order chi connectivity index (χ0) is 28.5. The lowest BCUT2D eigenvalue weighted by Crippen LogP contribution is -2.41. The van der Waals surface area contributed by atoms with Gasteiger partial charge < -0.3 is 19.9 Å². The number of nitrogens with one attached hydrogen (secondary N) is 1. The van der Waals surface area contributed by atoms with Crippen molar-refractivity contribution in [1.82, 2.24) is 5.32 Å². The fourth-order valence-electron chi connectivity index (χ4n) is 5.83. The first kappa shape index (κ1) is 30.6. The van der Waals surface area contributed by atoms with Gasteiger partial charge in [-0.15, -0.1) is 0 Å². The summed E-state index contributed by atoms with van der Waals surface area (Å²) in [5, 5.41) is 12.4. The first-order chi connectivity index (χ1) is 19.4. The molecule has 0 aromatic heterocycles. The third-order valence-corrected chi connectivity index (χ3v) is 9.11. The highest BCUT2D eigenvalue weighted by Gasteiger charge is 2.33. The summed E-state index contributed by atoms with van der Waals surface area (Å²) >= 11 is 1.56. The number of carbonyl (C=O) groups is 2. The molecule has 2 aliphatic rings. The lowest BCUT2D eigenvalue weighted by atomic mass is 9.83. The van der Waals surface area contributed by atoms with Crippen LogP contribution in [0.3, 0.4) is 0 Å². The van der Waals surface area contributed by atoms with Gasteiger partial charge in [0.25, 0.3) is 5.91 Å². The van der Waals surface area contributed by atoms with Gasteiger partial charge in [0.1, 0.15) is 6.04 Å². The van der Waals surface area contributed by atoms with Crippen LogP contribution in [-0.4, -0.2) is 53.3 Å². The van der Waals surface area contributed by atoms with Crippen LogP contribution in [0.5, 0.6) is 0 Å². The SMILES string of the molecule is CSCC[C@H](NC(=O)c1ccc(COC(C)C(OC2CCC2)C2CCCCC2)cc1-c1ccccc1C)C(=O)O. The molecule has 3 atom stereocenters. The summed E-state index contributed by atoms with van der Waals surface area (Å²) in [6.45, 7) is 4.58. The van der Waals surface area contributed by atoms with Crippen LogP contribution in [0.25, 0.3) is 11.1 Å². The van der Waals surface area contributed by atoms with Crippen LogP contribution in [0.15, 0.2) is 42.5 Å². The van der Waals surface area contributed by atoms with Crippen LogP contribution >= 0.6 is 11.8 Å². The zero-order valence-electron chi connectivity index (χ0n) is 24.2. The van der Waals surface area contributed by atoms with Crippen molar-refractivity contribution in [3.8, 4) is 11.1 Å². The summed E-state index contributed by atoms with van der Waals surface area (Å²) in [6.07, 6.45) is 12.6. The molecule has 40 heavy (non-hydrogen) atoms. The molecule has 0 bridgehead atoms. The van der Waals surface area contributed by atoms with Gasteiger partial charge in [0.2, 0.25) is 0 Å². The Bertz CT molecular complexity index is 1130. The number of carboxylic acid groups (broad SMARTS) is 1. The molecule has 1 amide bonds. The summed E-state index contributed by atoms with van der Waals surface area (Å²) in [5.74, 6) is -0.191. The van der Waals surface area contributed by atoms with Gasteiger partial charge in [0.05, 0.1) is 24.9 Å². The Hall–Kier alpha value is -2.35. The topological polar surface area (TPSA) is 84.9 Å². The van der Waals surface area contributed by atoms with E-state index in [1.54, 1.807) is 17.8 Å². The molecule has 0 heterocycles. The molecule has 218 valence electrons. The quantitative estimate of drug-likeness (QED) is 0.255. The van der Waals surface area contributed by atoms with E-state index in [2.05, 4.69) is 12.2 Å². The normalized spacial score (nSPS) is 18.5. The minimum atomic E-state index is -1.02. The first-order valence-corrected chi connectivity index (χ1v) is 16.2. The summed E-state index contributed by atoms with van der Waals surface area (Å²) in [7, 11) is 0. The van der Waals surface area contributed by atoms with Gasteiger partial charge in [-0.2, -0.15) is 11.8 Å². The number of aryl methyl sites for hydroxylation is 1. The molecule has 2 aliphatic carbocycles. The summed E-state index contributed by atoms with van der Waals surface area (Å²) in [6, 6.07) is 12.8. The molecule has 6 nitrogen and oxygen atoms in total. The number of hydrogen-bond acceptors (Lipinski definition) is 5. The third-order valence-electron chi connectivity index (χ3n) is 8.47.